The molecule has 12 heteroatoms. The number of hydrogen-bond donors (Lipinski definition) is 3. The molecule has 2 heterocycles. The monoisotopic (exact) mass is 381 g/mol. The Hall–Kier alpha value is -2.70. The van der Waals surface area contributed by atoms with Gasteiger partial charge < -0.3 is 0 Å². The van der Waals surface area contributed by atoms with Gasteiger partial charge in [-0.05, 0) is 52.8 Å². The summed E-state index contributed by atoms with van der Waals surface area (Å²) in [5, 5.41) is 42.6. The van der Waals surface area contributed by atoms with Crippen molar-refractivity contribution in [2.24, 2.45) is 0 Å². The fraction of sp³-hybridized carbons (Fsp3) is 0.600. The molecule has 0 bridgehead atoms. The summed E-state index contributed by atoms with van der Waals surface area (Å²) >= 11 is 0. The average Bonchev–Trinajstić information content (AvgIpc) is 2.67. The van der Waals surface area contributed by atoms with E-state index in [-0.39, 0.29) is 36.0 Å². The Morgan fingerprint density at radius 2 is 0.926 bits per heavy atom. The Kier molecular flexibility index (Phi) is 8.65. The van der Waals surface area contributed by atoms with Crippen LogP contribution in [0.1, 0.15) is 41.5 Å². The molecule has 0 atom stereocenters. The number of nitrogens with zero attached hydrogens (tertiary/aromatic N) is 9. The van der Waals surface area contributed by atoms with Gasteiger partial charge in [-0.1, -0.05) is 0 Å². The molecular formula is C15H27N9O3. The van der Waals surface area contributed by atoms with Crippen molar-refractivity contribution in [3.63, 3.8) is 0 Å². The van der Waals surface area contributed by atoms with Crippen molar-refractivity contribution in [1.29, 1.82) is 0 Å². The van der Waals surface area contributed by atoms with Crippen molar-refractivity contribution in [2.75, 3.05) is 15.2 Å². The summed E-state index contributed by atoms with van der Waals surface area (Å²) in [5.41, 5.74) is 0. The molecule has 0 unspecified atom stereocenters. The maximum Gasteiger partial charge on any atom is 0.256 e. The fourth-order valence-electron chi connectivity index (χ4n) is 1.55. The van der Waals surface area contributed by atoms with E-state index >= 15 is 0 Å². The van der Waals surface area contributed by atoms with Crippen LogP contribution in [0.5, 0.6) is 0 Å². The highest BCUT2D eigenvalue weighted by Gasteiger charge is 2.21. The normalized spacial score (nSPS) is 10.7. The average molecular weight is 381 g/mol. The van der Waals surface area contributed by atoms with Crippen molar-refractivity contribution in [3.05, 3.63) is 18.5 Å². The first-order chi connectivity index (χ1) is 12.6. The molecule has 0 amide bonds. The fourth-order valence-corrected chi connectivity index (χ4v) is 1.55. The van der Waals surface area contributed by atoms with Gasteiger partial charge in [-0.15, -0.1) is 10.2 Å². The van der Waals surface area contributed by atoms with Gasteiger partial charge in [0, 0.05) is 0 Å². The Labute approximate surface area is 158 Å². The third-order valence-corrected chi connectivity index (χ3v) is 3.09. The summed E-state index contributed by atoms with van der Waals surface area (Å²) in [6.45, 7) is 10.5. The summed E-state index contributed by atoms with van der Waals surface area (Å²) < 4.78 is 0. The van der Waals surface area contributed by atoms with Gasteiger partial charge in [-0.3, -0.25) is 15.6 Å². The number of anilines is 3. The number of hydroxylamine groups is 3. The number of hydrogen-bond acceptors (Lipinski definition) is 12. The van der Waals surface area contributed by atoms with E-state index in [2.05, 4.69) is 30.4 Å². The predicted octanol–water partition coefficient (Wildman–Crippen LogP) is 1.56. The van der Waals surface area contributed by atoms with Gasteiger partial charge in [0.15, 0.2) is 0 Å². The lowest BCUT2D eigenvalue weighted by molar-refractivity contribution is 0.205. The van der Waals surface area contributed by atoms with Gasteiger partial charge in [0.25, 0.3) is 17.8 Å². The van der Waals surface area contributed by atoms with E-state index in [0.29, 0.717) is 0 Å². The van der Waals surface area contributed by atoms with E-state index in [1.165, 1.54) is 0 Å². The molecule has 0 radical (unpaired) electrons. The highest BCUT2D eigenvalue weighted by Crippen LogP contribution is 2.20. The van der Waals surface area contributed by atoms with Crippen molar-refractivity contribution >= 4 is 17.8 Å². The lowest BCUT2D eigenvalue weighted by Crippen LogP contribution is -2.35. The van der Waals surface area contributed by atoms with Gasteiger partial charge in [-0.25, -0.2) is 15.2 Å². The highest BCUT2D eigenvalue weighted by atomic mass is 16.5. The largest absolute Gasteiger partial charge is 0.285 e. The van der Waals surface area contributed by atoms with Crippen LogP contribution in [0.4, 0.5) is 17.8 Å². The smallest absolute Gasteiger partial charge is 0.256 e. The molecule has 2 rings (SSSR count). The molecule has 3 N–H and O–H groups in total. The first-order valence-corrected chi connectivity index (χ1v) is 8.43. The first-order valence-electron chi connectivity index (χ1n) is 8.43. The topological polar surface area (TPSA) is 148 Å². The minimum absolute atomic E-state index is 0.0515. The third-order valence-electron chi connectivity index (χ3n) is 3.09. The molecule has 2 aromatic heterocycles. The summed E-state index contributed by atoms with van der Waals surface area (Å²) in [5.74, 6) is -0.154. The Balaban J connectivity index is 0.000000511. The second kappa shape index (κ2) is 10.4. The van der Waals surface area contributed by atoms with E-state index in [9.17, 15) is 15.6 Å². The second-order valence-electron chi connectivity index (χ2n) is 6.36. The van der Waals surface area contributed by atoms with Crippen LogP contribution < -0.4 is 15.2 Å². The maximum absolute atomic E-state index is 9.97. The Morgan fingerprint density at radius 1 is 0.630 bits per heavy atom. The van der Waals surface area contributed by atoms with E-state index in [1.807, 2.05) is 0 Å². The zero-order chi connectivity index (χ0) is 20.6. The highest BCUT2D eigenvalue weighted by molar-refractivity contribution is 5.43. The van der Waals surface area contributed by atoms with Crippen molar-refractivity contribution in [1.82, 2.24) is 30.4 Å². The molecular weight excluding hydrogens is 354 g/mol. The molecule has 12 nitrogen and oxygen atoms in total. The van der Waals surface area contributed by atoms with Gasteiger partial charge in [0.2, 0.25) is 0 Å². The van der Waals surface area contributed by atoms with Crippen LogP contribution in [0, 0.1) is 0 Å². The lowest BCUT2D eigenvalue weighted by Gasteiger charge is -2.25. The minimum Gasteiger partial charge on any atom is -0.285 e. The molecule has 0 saturated heterocycles. The Morgan fingerprint density at radius 3 is 1.07 bits per heavy atom. The molecule has 150 valence electrons. The van der Waals surface area contributed by atoms with Crippen molar-refractivity contribution in [3.8, 4) is 0 Å². The van der Waals surface area contributed by atoms with Crippen LogP contribution in [0.3, 0.4) is 0 Å². The zero-order valence-corrected chi connectivity index (χ0v) is 16.3. The molecule has 0 aliphatic heterocycles. The van der Waals surface area contributed by atoms with Crippen LogP contribution >= 0.6 is 0 Å². The molecule has 0 aliphatic rings. The molecule has 0 fully saturated rings. The second-order valence-corrected chi connectivity index (χ2v) is 6.36. The van der Waals surface area contributed by atoms with Crippen LogP contribution in [0.2, 0.25) is 0 Å². The van der Waals surface area contributed by atoms with E-state index in [4.69, 9.17) is 0 Å². The molecule has 27 heavy (non-hydrogen) atoms. The van der Waals surface area contributed by atoms with Gasteiger partial charge in [0.1, 0.15) is 0 Å². The molecule has 0 spiro atoms. The van der Waals surface area contributed by atoms with Crippen LogP contribution in [-0.2, 0) is 0 Å². The summed E-state index contributed by atoms with van der Waals surface area (Å²) in [7, 11) is 0. The third kappa shape index (κ3) is 6.84. The van der Waals surface area contributed by atoms with Gasteiger partial charge >= 0.3 is 0 Å². The van der Waals surface area contributed by atoms with E-state index < -0.39 is 0 Å². The quantitative estimate of drug-likeness (QED) is 0.623. The van der Waals surface area contributed by atoms with Crippen molar-refractivity contribution < 1.29 is 15.6 Å². The number of aromatic nitrogens is 6. The van der Waals surface area contributed by atoms with Crippen LogP contribution in [0.25, 0.3) is 0 Å². The van der Waals surface area contributed by atoms with Crippen LogP contribution in [0.15, 0.2) is 18.5 Å². The number of rotatable bonds is 6. The maximum atomic E-state index is 9.97. The SMILES string of the molecule is CC(C)N(O)c1nc(N(O)C(C)C)nc(N(O)C(C)C)n1.c1cnnnc1. The van der Waals surface area contributed by atoms with E-state index in [1.54, 1.807) is 60.0 Å². The Bertz CT molecular complexity index is 567. The first kappa shape index (κ1) is 22.3. The molecule has 0 saturated carbocycles. The zero-order valence-electron chi connectivity index (χ0n) is 16.3. The standard InChI is InChI=1S/C12H24N6O3.C3H3N3/c1-7(2)16(19)10-13-11(17(20)8(3)4)15-12(14-10)18(21)9(5)6;1-2-4-6-5-3-1/h7-9,19-21H,1-6H3;1-3H. The molecule has 0 aliphatic carbocycles. The summed E-state index contributed by atoms with van der Waals surface area (Å²) in [6.07, 6.45) is 3.15. The lowest BCUT2D eigenvalue weighted by atomic mass is 10.4. The van der Waals surface area contributed by atoms with Crippen molar-refractivity contribution in [2.45, 2.75) is 59.7 Å². The van der Waals surface area contributed by atoms with Crippen LogP contribution in [-0.4, -0.2) is 64.1 Å². The van der Waals surface area contributed by atoms with E-state index in [0.717, 1.165) is 15.2 Å². The summed E-state index contributed by atoms with van der Waals surface area (Å²) in [4.78, 5) is 12.0. The minimum atomic E-state index is -0.273. The molecule has 0 aromatic carbocycles. The summed E-state index contributed by atoms with van der Waals surface area (Å²) in [6, 6.07) is 0.897. The predicted molar refractivity (Wildman–Crippen MR) is 97.9 cm³/mol. The molecule has 2 aromatic rings. The van der Waals surface area contributed by atoms with Gasteiger partial charge in [0.05, 0.1) is 30.5 Å². The van der Waals surface area contributed by atoms with Gasteiger partial charge in [-0.2, -0.15) is 15.0 Å².